The van der Waals surface area contributed by atoms with E-state index in [1.54, 1.807) is 18.3 Å². The van der Waals surface area contributed by atoms with E-state index >= 15 is 0 Å². The lowest BCUT2D eigenvalue weighted by atomic mass is 10.1. The Hall–Kier alpha value is -2.64. The van der Waals surface area contributed by atoms with Gasteiger partial charge < -0.3 is 20.0 Å². The van der Waals surface area contributed by atoms with Crippen LogP contribution in [0.5, 0.6) is 5.88 Å². The van der Waals surface area contributed by atoms with Crippen LogP contribution in [-0.2, 0) is 21.0 Å². The number of nitrogens with one attached hydrogen (secondary N) is 1. The third-order valence-electron chi connectivity index (χ3n) is 2.68. The van der Waals surface area contributed by atoms with E-state index in [0.717, 1.165) is 5.56 Å². The van der Waals surface area contributed by atoms with E-state index in [-0.39, 0.29) is 18.7 Å². The quantitative estimate of drug-likeness (QED) is 0.781. The average molecular weight is 279 g/mol. The molecule has 2 rings (SSSR count). The zero-order valence-corrected chi connectivity index (χ0v) is 10.7. The van der Waals surface area contributed by atoms with Gasteiger partial charge in [0.05, 0.1) is 7.11 Å². The predicted molar refractivity (Wildman–Crippen MR) is 67.2 cm³/mol. The Kier molecular flexibility index (Phi) is 4.14. The van der Waals surface area contributed by atoms with E-state index in [4.69, 9.17) is 14.7 Å². The van der Waals surface area contributed by atoms with Gasteiger partial charge in [0, 0.05) is 25.2 Å². The number of carboxylic acid groups (broad SMARTS) is 1. The van der Waals surface area contributed by atoms with E-state index in [0.29, 0.717) is 5.88 Å². The van der Waals surface area contributed by atoms with E-state index in [2.05, 4.69) is 15.5 Å². The number of hydrogen-bond acceptors (Lipinski definition) is 6. The molecular weight excluding hydrogens is 266 g/mol. The number of rotatable bonds is 5. The Morgan fingerprint density at radius 3 is 3.05 bits per heavy atom. The number of carboxylic acids is 1. The lowest BCUT2D eigenvalue weighted by Crippen LogP contribution is -2.34. The summed E-state index contributed by atoms with van der Waals surface area (Å²) in [6, 6.07) is 3.42. The molecule has 2 N–H and O–H groups in total. The van der Waals surface area contributed by atoms with E-state index in [1.165, 1.54) is 7.11 Å². The Morgan fingerprint density at radius 1 is 1.60 bits per heavy atom. The van der Waals surface area contributed by atoms with Crippen molar-refractivity contribution in [2.45, 2.75) is 19.1 Å². The van der Waals surface area contributed by atoms with Crippen LogP contribution in [0.25, 0.3) is 0 Å². The minimum Gasteiger partial charge on any atom is -0.481 e. The smallest absolute Gasteiger partial charge is 0.353 e. The highest BCUT2D eigenvalue weighted by Crippen LogP contribution is 2.12. The first-order valence-corrected chi connectivity index (χ1v) is 5.82. The number of oxime groups is 1. The molecule has 1 aromatic rings. The Bertz CT molecular complexity index is 558. The summed E-state index contributed by atoms with van der Waals surface area (Å²) >= 11 is 0. The molecule has 8 heteroatoms. The lowest BCUT2D eigenvalue weighted by molar-refractivity contribution is -0.131. The van der Waals surface area contributed by atoms with Gasteiger partial charge in [-0.05, 0) is 11.6 Å². The number of ether oxygens (including phenoxy) is 1. The summed E-state index contributed by atoms with van der Waals surface area (Å²) in [5.74, 6) is -1.15. The molecule has 1 aromatic heterocycles. The molecule has 20 heavy (non-hydrogen) atoms. The Morgan fingerprint density at radius 2 is 2.40 bits per heavy atom. The van der Waals surface area contributed by atoms with Gasteiger partial charge >= 0.3 is 5.97 Å². The molecule has 8 nitrogen and oxygen atoms in total. The van der Waals surface area contributed by atoms with E-state index in [1.807, 2.05) is 0 Å². The molecule has 1 amide bonds. The second-order valence-corrected chi connectivity index (χ2v) is 4.07. The fourth-order valence-corrected chi connectivity index (χ4v) is 1.62. The summed E-state index contributed by atoms with van der Waals surface area (Å²) in [7, 11) is 1.50. The number of carbonyl (C=O) groups excluding carboxylic acids is 1. The molecule has 0 aromatic carbocycles. The highest BCUT2D eigenvalue weighted by atomic mass is 16.6. The molecule has 0 spiro atoms. The maximum absolute atomic E-state index is 11.8. The molecule has 0 aliphatic carbocycles. The summed E-state index contributed by atoms with van der Waals surface area (Å²) in [4.78, 5) is 31.2. The lowest BCUT2D eigenvalue weighted by Gasteiger charge is -2.09. The molecule has 1 aliphatic heterocycles. The molecular formula is C12H13N3O5. The summed E-state index contributed by atoms with van der Waals surface area (Å²) in [5, 5.41) is 14.7. The van der Waals surface area contributed by atoms with Gasteiger partial charge in [0.1, 0.15) is 0 Å². The van der Waals surface area contributed by atoms with E-state index < -0.39 is 18.0 Å². The topological polar surface area (TPSA) is 110 Å². The third-order valence-corrected chi connectivity index (χ3v) is 2.68. The molecule has 106 valence electrons. The number of amides is 1. The van der Waals surface area contributed by atoms with Crippen molar-refractivity contribution < 1.29 is 24.3 Å². The van der Waals surface area contributed by atoms with Crippen molar-refractivity contribution >= 4 is 17.6 Å². The van der Waals surface area contributed by atoms with Crippen LogP contribution < -0.4 is 10.1 Å². The largest absolute Gasteiger partial charge is 0.481 e. The minimum atomic E-state index is -1.18. The van der Waals surface area contributed by atoms with Crippen molar-refractivity contribution in [3.05, 3.63) is 23.9 Å². The van der Waals surface area contributed by atoms with Crippen LogP contribution in [0, 0.1) is 0 Å². The van der Waals surface area contributed by atoms with Crippen LogP contribution in [0.1, 0.15) is 12.0 Å². The van der Waals surface area contributed by atoms with Crippen LogP contribution in [-0.4, -0.2) is 40.9 Å². The first-order chi connectivity index (χ1) is 9.60. The normalized spacial score (nSPS) is 17.1. The maximum Gasteiger partial charge on any atom is 0.353 e. The van der Waals surface area contributed by atoms with Gasteiger partial charge in [0.15, 0.2) is 5.71 Å². The van der Waals surface area contributed by atoms with Gasteiger partial charge in [0.2, 0.25) is 12.0 Å². The van der Waals surface area contributed by atoms with Crippen LogP contribution in [0.15, 0.2) is 23.5 Å². The third kappa shape index (κ3) is 3.22. The van der Waals surface area contributed by atoms with Crippen LogP contribution >= 0.6 is 0 Å². The SMILES string of the molecule is COc1cc(CNC(=O)C2CC(C(=O)O)=NO2)ccn1. The van der Waals surface area contributed by atoms with Crippen molar-refractivity contribution in [2.75, 3.05) is 7.11 Å². The fraction of sp³-hybridized carbons (Fsp3) is 0.333. The van der Waals surface area contributed by atoms with Gasteiger partial charge in [-0.1, -0.05) is 5.16 Å². The number of methoxy groups -OCH3 is 1. The Balaban J connectivity index is 1.85. The van der Waals surface area contributed by atoms with Crippen molar-refractivity contribution in [1.82, 2.24) is 10.3 Å². The molecule has 1 unspecified atom stereocenters. The number of aromatic nitrogens is 1. The fourth-order valence-electron chi connectivity index (χ4n) is 1.62. The molecule has 0 radical (unpaired) electrons. The van der Waals surface area contributed by atoms with Gasteiger partial charge in [-0.25, -0.2) is 9.78 Å². The van der Waals surface area contributed by atoms with Gasteiger partial charge in [-0.2, -0.15) is 0 Å². The molecule has 1 atom stereocenters. The number of hydrogen-bond donors (Lipinski definition) is 2. The number of aliphatic carboxylic acids is 1. The molecule has 1 aliphatic rings. The summed E-state index contributed by atoms with van der Waals surface area (Å²) in [6.07, 6.45) is 0.628. The number of pyridine rings is 1. The molecule has 0 fully saturated rings. The maximum atomic E-state index is 11.8. The van der Waals surface area contributed by atoms with Crippen LogP contribution in [0.2, 0.25) is 0 Å². The zero-order chi connectivity index (χ0) is 14.5. The van der Waals surface area contributed by atoms with Crippen molar-refractivity contribution in [3.8, 4) is 5.88 Å². The average Bonchev–Trinajstić information content (AvgIpc) is 2.95. The van der Waals surface area contributed by atoms with Gasteiger partial charge in [-0.3, -0.25) is 4.79 Å². The van der Waals surface area contributed by atoms with Crippen molar-refractivity contribution in [1.29, 1.82) is 0 Å². The predicted octanol–water partition coefficient (Wildman–Crippen LogP) is -0.0641. The van der Waals surface area contributed by atoms with Crippen LogP contribution in [0.3, 0.4) is 0 Å². The summed E-state index contributed by atoms with van der Waals surface area (Å²) in [6.45, 7) is 0.264. The monoisotopic (exact) mass is 279 g/mol. The molecule has 0 bridgehead atoms. The van der Waals surface area contributed by atoms with Crippen molar-refractivity contribution in [2.24, 2.45) is 5.16 Å². The van der Waals surface area contributed by atoms with Gasteiger partial charge in [-0.15, -0.1) is 0 Å². The summed E-state index contributed by atoms with van der Waals surface area (Å²) in [5.41, 5.74) is 0.651. The van der Waals surface area contributed by atoms with E-state index in [9.17, 15) is 9.59 Å². The highest BCUT2D eigenvalue weighted by molar-refractivity contribution is 6.36. The second kappa shape index (κ2) is 6.00. The molecule has 0 saturated heterocycles. The van der Waals surface area contributed by atoms with Gasteiger partial charge in [0.25, 0.3) is 5.91 Å². The van der Waals surface area contributed by atoms with Crippen molar-refractivity contribution in [3.63, 3.8) is 0 Å². The minimum absolute atomic E-state index is 0.0408. The second-order valence-electron chi connectivity index (χ2n) is 4.07. The first kappa shape index (κ1) is 13.8. The number of carbonyl (C=O) groups is 2. The molecule has 0 saturated carbocycles. The zero-order valence-electron chi connectivity index (χ0n) is 10.7. The standard InChI is InChI=1S/C12H13N3O5/c1-19-10-4-7(2-3-13-10)6-14-11(16)9-5-8(12(17)18)15-20-9/h2-4,9H,5-6H2,1H3,(H,14,16)(H,17,18). The first-order valence-electron chi connectivity index (χ1n) is 5.82. The Labute approximate surface area is 114 Å². The summed E-state index contributed by atoms with van der Waals surface area (Å²) < 4.78 is 4.97. The molecule has 2 heterocycles. The number of nitrogens with zero attached hydrogens (tertiary/aromatic N) is 2. The van der Waals surface area contributed by atoms with Crippen LogP contribution in [0.4, 0.5) is 0 Å². The highest BCUT2D eigenvalue weighted by Gasteiger charge is 2.31.